The van der Waals surface area contributed by atoms with Gasteiger partial charge in [0.1, 0.15) is 0 Å². The molecule has 1 aliphatic rings. The minimum Gasteiger partial charge on any atom is -0.399 e. The topological polar surface area (TPSA) is 63.4 Å². The quantitative estimate of drug-likeness (QED) is 0.783. The van der Waals surface area contributed by atoms with Crippen LogP contribution < -0.4 is 5.73 Å². The Balaban J connectivity index is 1.85. The van der Waals surface area contributed by atoms with Gasteiger partial charge in [-0.1, -0.05) is 42.5 Å². The van der Waals surface area contributed by atoms with Crippen molar-refractivity contribution in [2.75, 3.05) is 5.73 Å². The van der Waals surface area contributed by atoms with Crippen molar-refractivity contribution < 1.29 is 8.42 Å². The van der Waals surface area contributed by atoms with Crippen molar-refractivity contribution >= 4 is 15.7 Å². The number of hydrogen-bond acceptors (Lipinski definition) is 3. The molecule has 2 aromatic rings. The molecule has 5 heteroatoms. The van der Waals surface area contributed by atoms with Crippen LogP contribution in [0.2, 0.25) is 0 Å². The Morgan fingerprint density at radius 2 is 1.75 bits per heavy atom. The number of hydrogen-bond donors (Lipinski definition) is 1. The predicted molar refractivity (Wildman–Crippen MR) is 97.6 cm³/mol. The van der Waals surface area contributed by atoms with Crippen LogP contribution in [0.25, 0.3) is 0 Å². The van der Waals surface area contributed by atoms with Crippen LogP contribution in [0.3, 0.4) is 0 Å². The Morgan fingerprint density at radius 3 is 2.38 bits per heavy atom. The van der Waals surface area contributed by atoms with Crippen molar-refractivity contribution in [3.8, 4) is 0 Å². The van der Waals surface area contributed by atoms with E-state index in [0.29, 0.717) is 18.2 Å². The monoisotopic (exact) mass is 344 g/mol. The largest absolute Gasteiger partial charge is 0.399 e. The SMILES string of the molecule is CC(C1CC1)N(Cc1ccccc1)S(=O)(=O)Cc1cccc(N)c1. The molecule has 2 N–H and O–H groups in total. The van der Waals surface area contributed by atoms with Gasteiger partial charge in [-0.2, -0.15) is 4.31 Å². The molecule has 0 spiro atoms. The van der Waals surface area contributed by atoms with E-state index >= 15 is 0 Å². The molecule has 2 aromatic carbocycles. The lowest BCUT2D eigenvalue weighted by Crippen LogP contribution is -2.40. The molecule has 0 radical (unpaired) electrons. The zero-order chi connectivity index (χ0) is 17.2. The fourth-order valence-electron chi connectivity index (χ4n) is 3.05. The van der Waals surface area contributed by atoms with E-state index in [-0.39, 0.29) is 11.8 Å². The van der Waals surface area contributed by atoms with Gasteiger partial charge in [0.25, 0.3) is 0 Å². The zero-order valence-corrected chi connectivity index (χ0v) is 14.7. The van der Waals surface area contributed by atoms with Crippen molar-refractivity contribution in [1.29, 1.82) is 0 Å². The maximum atomic E-state index is 13.1. The van der Waals surface area contributed by atoms with Crippen LogP contribution in [0.5, 0.6) is 0 Å². The lowest BCUT2D eigenvalue weighted by molar-refractivity contribution is 0.302. The number of rotatable bonds is 7. The number of nitrogens with zero attached hydrogens (tertiary/aromatic N) is 1. The highest BCUT2D eigenvalue weighted by molar-refractivity contribution is 7.88. The van der Waals surface area contributed by atoms with Gasteiger partial charge >= 0.3 is 0 Å². The third kappa shape index (κ3) is 4.16. The summed E-state index contributed by atoms with van der Waals surface area (Å²) in [5.41, 5.74) is 8.12. The summed E-state index contributed by atoms with van der Waals surface area (Å²) in [7, 11) is -3.42. The van der Waals surface area contributed by atoms with E-state index in [4.69, 9.17) is 5.73 Å². The molecular formula is C19H24N2O2S. The maximum absolute atomic E-state index is 13.1. The lowest BCUT2D eigenvalue weighted by Gasteiger charge is -2.28. The molecule has 0 amide bonds. The van der Waals surface area contributed by atoms with Crippen molar-refractivity contribution in [1.82, 2.24) is 4.31 Å². The molecule has 0 heterocycles. The first-order chi connectivity index (χ1) is 11.5. The first-order valence-corrected chi connectivity index (χ1v) is 9.94. The fourth-order valence-corrected chi connectivity index (χ4v) is 4.84. The second-order valence-electron chi connectivity index (χ2n) is 6.61. The minimum absolute atomic E-state index is 0.0120. The standard InChI is InChI=1S/C19H24N2O2S/c1-15(18-10-11-18)21(13-16-6-3-2-4-7-16)24(22,23)14-17-8-5-9-19(20)12-17/h2-9,12,15,18H,10-11,13-14,20H2,1H3. The van der Waals surface area contributed by atoms with Crippen LogP contribution in [0.15, 0.2) is 54.6 Å². The number of nitrogens with two attached hydrogens (primary N) is 1. The molecule has 24 heavy (non-hydrogen) atoms. The third-order valence-corrected chi connectivity index (χ3v) is 6.47. The Labute approximate surface area is 144 Å². The van der Waals surface area contributed by atoms with E-state index in [1.165, 1.54) is 0 Å². The molecule has 0 bridgehead atoms. The van der Waals surface area contributed by atoms with Gasteiger partial charge in [0.2, 0.25) is 10.0 Å². The van der Waals surface area contributed by atoms with Crippen LogP contribution in [0, 0.1) is 5.92 Å². The summed E-state index contributed by atoms with van der Waals surface area (Å²) in [5.74, 6) is 0.464. The molecule has 1 unspecified atom stereocenters. The molecule has 1 aliphatic carbocycles. The average Bonchev–Trinajstić information content (AvgIpc) is 3.37. The highest BCUT2D eigenvalue weighted by atomic mass is 32.2. The zero-order valence-electron chi connectivity index (χ0n) is 13.9. The summed E-state index contributed by atoms with van der Waals surface area (Å²) < 4.78 is 27.8. The van der Waals surface area contributed by atoms with E-state index in [0.717, 1.165) is 24.0 Å². The number of sulfonamides is 1. The summed E-state index contributed by atoms with van der Waals surface area (Å²) >= 11 is 0. The first-order valence-electron chi connectivity index (χ1n) is 8.33. The normalized spacial score (nSPS) is 16.2. The molecule has 0 aliphatic heterocycles. The van der Waals surface area contributed by atoms with E-state index in [1.54, 1.807) is 22.5 Å². The van der Waals surface area contributed by atoms with E-state index in [9.17, 15) is 8.42 Å². The maximum Gasteiger partial charge on any atom is 0.218 e. The smallest absolute Gasteiger partial charge is 0.218 e. The van der Waals surface area contributed by atoms with Crippen molar-refractivity contribution in [2.24, 2.45) is 5.92 Å². The molecule has 1 atom stereocenters. The number of nitrogen functional groups attached to an aromatic ring is 1. The highest BCUT2D eigenvalue weighted by Crippen LogP contribution is 2.37. The van der Waals surface area contributed by atoms with Crippen LogP contribution in [0.1, 0.15) is 30.9 Å². The number of benzene rings is 2. The predicted octanol–water partition coefficient (Wildman–Crippen LogP) is 3.40. The minimum atomic E-state index is -3.42. The first kappa shape index (κ1) is 17.0. The van der Waals surface area contributed by atoms with Gasteiger partial charge < -0.3 is 5.73 Å². The van der Waals surface area contributed by atoms with Gasteiger partial charge in [-0.3, -0.25) is 0 Å². The number of anilines is 1. The van der Waals surface area contributed by atoms with Crippen LogP contribution in [0.4, 0.5) is 5.69 Å². The average molecular weight is 344 g/mol. The molecule has 4 nitrogen and oxygen atoms in total. The Morgan fingerprint density at radius 1 is 1.08 bits per heavy atom. The molecule has 0 saturated heterocycles. The van der Waals surface area contributed by atoms with Crippen LogP contribution in [-0.2, 0) is 22.3 Å². The highest BCUT2D eigenvalue weighted by Gasteiger charge is 2.37. The van der Waals surface area contributed by atoms with Crippen molar-refractivity contribution in [3.63, 3.8) is 0 Å². The lowest BCUT2D eigenvalue weighted by atomic mass is 10.2. The Kier molecular flexibility index (Phi) is 4.92. The van der Waals surface area contributed by atoms with Crippen LogP contribution in [-0.4, -0.2) is 18.8 Å². The van der Waals surface area contributed by atoms with Gasteiger partial charge in [0.05, 0.1) is 5.75 Å². The van der Waals surface area contributed by atoms with E-state index in [1.807, 2.05) is 43.3 Å². The van der Waals surface area contributed by atoms with E-state index in [2.05, 4.69) is 0 Å². The fraction of sp³-hybridized carbons (Fsp3) is 0.368. The summed E-state index contributed by atoms with van der Waals surface area (Å²) in [6, 6.07) is 16.9. The van der Waals surface area contributed by atoms with Crippen molar-refractivity contribution in [3.05, 3.63) is 65.7 Å². The Hall–Kier alpha value is -1.85. The second kappa shape index (κ2) is 6.95. The van der Waals surface area contributed by atoms with Gasteiger partial charge in [-0.25, -0.2) is 8.42 Å². The molecule has 1 saturated carbocycles. The van der Waals surface area contributed by atoms with Crippen molar-refractivity contribution in [2.45, 2.75) is 38.1 Å². The molecule has 1 fully saturated rings. The summed E-state index contributed by atoms with van der Waals surface area (Å²) in [5, 5.41) is 0. The van der Waals surface area contributed by atoms with Crippen LogP contribution >= 0.6 is 0 Å². The summed E-state index contributed by atoms with van der Waals surface area (Å²) in [4.78, 5) is 0. The molecule has 0 aromatic heterocycles. The Bertz CT molecular complexity index is 786. The molecule has 128 valence electrons. The van der Waals surface area contributed by atoms with E-state index < -0.39 is 10.0 Å². The summed E-state index contributed by atoms with van der Waals surface area (Å²) in [6.45, 7) is 2.45. The molecular weight excluding hydrogens is 320 g/mol. The van der Waals surface area contributed by atoms with Gasteiger partial charge in [-0.15, -0.1) is 0 Å². The second-order valence-corrected chi connectivity index (χ2v) is 8.53. The van der Waals surface area contributed by atoms with Gasteiger partial charge in [-0.05, 0) is 48.9 Å². The summed E-state index contributed by atoms with van der Waals surface area (Å²) in [6.07, 6.45) is 2.22. The third-order valence-electron chi connectivity index (χ3n) is 4.60. The van der Waals surface area contributed by atoms with Gasteiger partial charge in [0, 0.05) is 18.3 Å². The molecule has 3 rings (SSSR count). The van der Waals surface area contributed by atoms with Gasteiger partial charge in [0.15, 0.2) is 0 Å².